The molecule has 1 heterocycles. The fourth-order valence-electron chi connectivity index (χ4n) is 1.74. The monoisotopic (exact) mass is 229 g/mol. The first-order chi connectivity index (χ1) is 8.18. The topological polar surface area (TPSA) is 33.5 Å². The van der Waals surface area contributed by atoms with Crippen molar-refractivity contribution in [1.82, 2.24) is 4.90 Å². The highest BCUT2D eigenvalue weighted by atomic mass is 16.3. The maximum atomic E-state index is 12.1. The molecule has 0 bridgehead atoms. The molecule has 1 aromatic heterocycles. The van der Waals surface area contributed by atoms with E-state index in [1.54, 1.807) is 31.2 Å². The number of benzene rings is 1. The van der Waals surface area contributed by atoms with E-state index in [4.69, 9.17) is 4.42 Å². The van der Waals surface area contributed by atoms with Gasteiger partial charge >= 0.3 is 0 Å². The third-order valence-electron chi connectivity index (χ3n) is 2.70. The van der Waals surface area contributed by atoms with Crippen molar-refractivity contribution in [3.05, 3.63) is 59.5 Å². The van der Waals surface area contributed by atoms with Crippen molar-refractivity contribution in [2.45, 2.75) is 13.5 Å². The van der Waals surface area contributed by atoms with E-state index in [9.17, 15) is 4.79 Å². The van der Waals surface area contributed by atoms with Crippen molar-refractivity contribution < 1.29 is 9.21 Å². The Morgan fingerprint density at radius 3 is 2.53 bits per heavy atom. The molecule has 0 aliphatic carbocycles. The number of hydrogen-bond acceptors (Lipinski definition) is 2. The van der Waals surface area contributed by atoms with Crippen LogP contribution in [0.3, 0.4) is 0 Å². The number of nitrogens with zero attached hydrogens (tertiary/aromatic N) is 1. The van der Waals surface area contributed by atoms with Crippen molar-refractivity contribution >= 4 is 5.91 Å². The first-order valence-corrected chi connectivity index (χ1v) is 5.52. The number of furan rings is 1. The number of hydrogen-bond donors (Lipinski definition) is 0. The Labute approximate surface area is 101 Å². The van der Waals surface area contributed by atoms with Crippen molar-refractivity contribution in [3.8, 4) is 0 Å². The molecular weight excluding hydrogens is 214 g/mol. The zero-order chi connectivity index (χ0) is 12.3. The van der Waals surface area contributed by atoms with Gasteiger partial charge in [-0.2, -0.15) is 0 Å². The Kier molecular flexibility index (Phi) is 3.28. The minimum absolute atomic E-state index is 0.0138. The lowest BCUT2D eigenvalue weighted by Gasteiger charge is -2.16. The molecule has 0 saturated heterocycles. The van der Waals surface area contributed by atoms with Gasteiger partial charge in [-0.3, -0.25) is 4.79 Å². The zero-order valence-corrected chi connectivity index (χ0v) is 10.0. The largest absolute Gasteiger partial charge is 0.469 e. The number of amides is 1. The first kappa shape index (κ1) is 11.5. The molecule has 2 rings (SSSR count). The van der Waals surface area contributed by atoms with Crippen molar-refractivity contribution in [3.63, 3.8) is 0 Å². The van der Waals surface area contributed by atoms with E-state index >= 15 is 0 Å². The van der Waals surface area contributed by atoms with Gasteiger partial charge in [-0.1, -0.05) is 30.3 Å². The average molecular weight is 229 g/mol. The van der Waals surface area contributed by atoms with Gasteiger partial charge in [0.05, 0.1) is 11.8 Å². The third-order valence-corrected chi connectivity index (χ3v) is 2.70. The van der Waals surface area contributed by atoms with Crippen LogP contribution in [0.4, 0.5) is 0 Å². The van der Waals surface area contributed by atoms with Crippen LogP contribution in [0.15, 0.2) is 47.1 Å². The summed E-state index contributed by atoms with van der Waals surface area (Å²) in [4.78, 5) is 13.8. The molecule has 1 amide bonds. The quantitative estimate of drug-likeness (QED) is 0.810. The molecule has 0 aliphatic heterocycles. The second-order valence-corrected chi connectivity index (χ2v) is 4.04. The molecule has 0 spiro atoms. The Balaban J connectivity index is 2.09. The van der Waals surface area contributed by atoms with Crippen LogP contribution in [-0.4, -0.2) is 17.9 Å². The van der Waals surface area contributed by atoms with Gasteiger partial charge in [-0.25, -0.2) is 0 Å². The number of carbonyl (C=O) groups is 1. The van der Waals surface area contributed by atoms with Crippen LogP contribution >= 0.6 is 0 Å². The van der Waals surface area contributed by atoms with Crippen LogP contribution in [0.25, 0.3) is 0 Å². The highest BCUT2D eigenvalue weighted by molar-refractivity contribution is 5.94. The van der Waals surface area contributed by atoms with Gasteiger partial charge < -0.3 is 9.32 Å². The van der Waals surface area contributed by atoms with Gasteiger partial charge in [-0.15, -0.1) is 0 Å². The van der Waals surface area contributed by atoms with Crippen LogP contribution in [0.5, 0.6) is 0 Å². The third kappa shape index (κ3) is 2.56. The van der Waals surface area contributed by atoms with Gasteiger partial charge in [-0.05, 0) is 18.6 Å². The summed E-state index contributed by atoms with van der Waals surface area (Å²) < 4.78 is 5.14. The summed E-state index contributed by atoms with van der Waals surface area (Å²) >= 11 is 0. The zero-order valence-electron chi connectivity index (χ0n) is 10.0. The molecule has 17 heavy (non-hydrogen) atoms. The molecule has 3 heteroatoms. The van der Waals surface area contributed by atoms with E-state index in [0.29, 0.717) is 17.9 Å². The fraction of sp³-hybridized carbons (Fsp3) is 0.214. The van der Waals surface area contributed by atoms with Crippen molar-refractivity contribution in [2.24, 2.45) is 0 Å². The van der Waals surface area contributed by atoms with Crippen LogP contribution in [0.1, 0.15) is 21.7 Å². The second-order valence-electron chi connectivity index (χ2n) is 4.04. The first-order valence-electron chi connectivity index (χ1n) is 5.52. The molecule has 0 aliphatic rings. The summed E-state index contributed by atoms with van der Waals surface area (Å²) in [5, 5.41) is 0. The molecular formula is C14H15NO2. The summed E-state index contributed by atoms with van der Waals surface area (Å²) in [6.45, 7) is 2.40. The maximum absolute atomic E-state index is 12.1. The minimum atomic E-state index is -0.0138. The lowest BCUT2D eigenvalue weighted by molar-refractivity contribution is 0.0783. The summed E-state index contributed by atoms with van der Waals surface area (Å²) in [6.07, 6.45) is 1.54. The summed E-state index contributed by atoms with van der Waals surface area (Å²) in [5.74, 6) is 0.648. The molecule has 0 atom stereocenters. The Morgan fingerprint density at radius 1 is 1.24 bits per heavy atom. The molecule has 0 N–H and O–H groups in total. The SMILES string of the molecule is Cc1occc1C(=O)N(C)Cc1ccccc1. The molecule has 0 fully saturated rings. The lowest BCUT2D eigenvalue weighted by atomic mass is 10.2. The van der Waals surface area contributed by atoms with Crippen molar-refractivity contribution in [1.29, 1.82) is 0 Å². The highest BCUT2D eigenvalue weighted by Gasteiger charge is 2.15. The Hall–Kier alpha value is -2.03. The highest BCUT2D eigenvalue weighted by Crippen LogP contribution is 2.13. The van der Waals surface area contributed by atoms with Gasteiger partial charge in [0, 0.05) is 13.6 Å². The molecule has 2 aromatic rings. The lowest BCUT2D eigenvalue weighted by Crippen LogP contribution is -2.26. The predicted molar refractivity (Wildman–Crippen MR) is 65.7 cm³/mol. The molecule has 0 saturated carbocycles. The fourth-order valence-corrected chi connectivity index (χ4v) is 1.74. The summed E-state index contributed by atoms with van der Waals surface area (Å²) in [6, 6.07) is 11.6. The van der Waals surface area contributed by atoms with Gasteiger partial charge in [0.15, 0.2) is 0 Å². The van der Waals surface area contributed by atoms with Gasteiger partial charge in [0.2, 0.25) is 0 Å². The Bertz CT molecular complexity index is 502. The van der Waals surface area contributed by atoms with Crippen LogP contribution in [-0.2, 0) is 6.54 Å². The standard InChI is InChI=1S/C14H15NO2/c1-11-13(8-9-17-11)14(16)15(2)10-12-6-4-3-5-7-12/h3-9H,10H2,1-2H3. The Morgan fingerprint density at radius 2 is 1.94 bits per heavy atom. The van der Waals surface area contributed by atoms with E-state index in [-0.39, 0.29) is 5.91 Å². The molecule has 88 valence electrons. The molecule has 0 radical (unpaired) electrons. The smallest absolute Gasteiger partial charge is 0.257 e. The maximum Gasteiger partial charge on any atom is 0.257 e. The molecule has 3 nitrogen and oxygen atoms in total. The molecule has 0 unspecified atom stereocenters. The van der Waals surface area contributed by atoms with Crippen LogP contribution in [0.2, 0.25) is 0 Å². The van der Waals surface area contributed by atoms with Crippen molar-refractivity contribution in [2.75, 3.05) is 7.05 Å². The summed E-state index contributed by atoms with van der Waals surface area (Å²) in [5.41, 5.74) is 1.74. The van der Waals surface area contributed by atoms with Crippen LogP contribution in [0, 0.1) is 6.92 Å². The number of rotatable bonds is 3. The minimum Gasteiger partial charge on any atom is -0.469 e. The van der Waals surface area contributed by atoms with Gasteiger partial charge in [0.1, 0.15) is 5.76 Å². The average Bonchev–Trinajstić information content (AvgIpc) is 2.76. The summed E-state index contributed by atoms with van der Waals surface area (Å²) in [7, 11) is 1.79. The van der Waals surface area contributed by atoms with Gasteiger partial charge in [0.25, 0.3) is 5.91 Å². The van der Waals surface area contributed by atoms with E-state index in [2.05, 4.69) is 0 Å². The number of aryl methyl sites for hydroxylation is 1. The van der Waals surface area contributed by atoms with E-state index in [0.717, 1.165) is 5.56 Å². The van der Waals surface area contributed by atoms with E-state index in [1.165, 1.54) is 0 Å². The molecule has 1 aromatic carbocycles. The van der Waals surface area contributed by atoms with E-state index in [1.807, 2.05) is 30.3 Å². The normalized spacial score (nSPS) is 10.2. The second kappa shape index (κ2) is 4.87. The van der Waals surface area contributed by atoms with Crippen LogP contribution < -0.4 is 0 Å². The van der Waals surface area contributed by atoms with E-state index < -0.39 is 0 Å². The number of carbonyl (C=O) groups excluding carboxylic acids is 1. The predicted octanol–water partition coefficient (Wildman–Crippen LogP) is 2.86.